The van der Waals surface area contributed by atoms with Gasteiger partial charge in [0.15, 0.2) is 0 Å². The number of halogens is 1. The zero-order chi connectivity index (χ0) is 24.2. The van der Waals surface area contributed by atoms with Crippen molar-refractivity contribution in [1.29, 1.82) is 0 Å². The lowest BCUT2D eigenvalue weighted by Gasteiger charge is -2.30. The summed E-state index contributed by atoms with van der Waals surface area (Å²) in [5, 5.41) is 4.34. The van der Waals surface area contributed by atoms with Crippen molar-refractivity contribution < 1.29 is 14.3 Å². The van der Waals surface area contributed by atoms with Gasteiger partial charge in [-0.1, -0.05) is 54.1 Å². The van der Waals surface area contributed by atoms with Gasteiger partial charge >= 0.3 is 12.0 Å². The van der Waals surface area contributed by atoms with Crippen LogP contribution in [0.3, 0.4) is 0 Å². The molecule has 1 aliphatic heterocycles. The SMILES string of the molecule is O=C1N=C(CCc2cccc(Cl)c2)C(C(=O)OCc2ccccc2)C(c2c[nH]c3ncccc23)N1. The largest absolute Gasteiger partial charge is 0.460 e. The molecular weight excluding hydrogens is 464 g/mol. The minimum atomic E-state index is -0.783. The first-order chi connectivity index (χ1) is 17.1. The molecule has 2 unspecified atom stereocenters. The Morgan fingerprint density at radius 1 is 1.00 bits per heavy atom. The normalized spacial score (nSPS) is 17.6. The average molecular weight is 487 g/mol. The summed E-state index contributed by atoms with van der Waals surface area (Å²) >= 11 is 6.14. The van der Waals surface area contributed by atoms with Gasteiger partial charge in [0.1, 0.15) is 18.2 Å². The third-order valence-electron chi connectivity index (χ3n) is 6.07. The number of rotatable bonds is 7. The number of nitrogens with zero attached hydrogens (tertiary/aromatic N) is 2. The number of pyridine rings is 1. The van der Waals surface area contributed by atoms with Gasteiger partial charge in [-0.3, -0.25) is 4.79 Å². The zero-order valence-corrected chi connectivity index (χ0v) is 19.5. The molecule has 3 heterocycles. The van der Waals surface area contributed by atoms with E-state index in [1.807, 2.05) is 66.7 Å². The van der Waals surface area contributed by atoms with Gasteiger partial charge in [-0.25, -0.2) is 14.8 Å². The van der Waals surface area contributed by atoms with Crippen LogP contribution in [0.2, 0.25) is 5.02 Å². The highest BCUT2D eigenvalue weighted by molar-refractivity contribution is 6.30. The summed E-state index contributed by atoms with van der Waals surface area (Å²) in [5.41, 5.74) is 3.80. The molecule has 2 amide bonds. The summed E-state index contributed by atoms with van der Waals surface area (Å²) in [4.78, 5) is 37.8. The summed E-state index contributed by atoms with van der Waals surface area (Å²) in [6.45, 7) is 0.133. The van der Waals surface area contributed by atoms with Crippen LogP contribution in [-0.4, -0.2) is 27.7 Å². The maximum atomic E-state index is 13.5. The number of aryl methyl sites for hydroxylation is 1. The lowest BCUT2D eigenvalue weighted by atomic mass is 9.85. The minimum absolute atomic E-state index is 0.133. The van der Waals surface area contributed by atoms with Crippen LogP contribution in [0.1, 0.15) is 29.2 Å². The third kappa shape index (κ3) is 5.10. The first-order valence-corrected chi connectivity index (χ1v) is 11.7. The van der Waals surface area contributed by atoms with Crippen molar-refractivity contribution >= 4 is 40.3 Å². The van der Waals surface area contributed by atoms with E-state index in [9.17, 15) is 9.59 Å². The van der Waals surface area contributed by atoms with Crippen LogP contribution in [0.4, 0.5) is 4.79 Å². The number of amides is 2. The number of ether oxygens (including phenoxy) is 1. The molecule has 0 fully saturated rings. The second kappa shape index (κ2) is 10.1. The smallest absolute Gasteiger partial charge is 0.341 e. The summed E-state index contributed by atoms with van der Waals surface area (Å²) < 4.78 is 5.73. The van der Waals surface area contributed by atoms with E-state index in [0.29, 0.717) is 29.2 Å². The molecule has 0 aliphatic carbocycles. The maximum Gasteiger partial charge on any atom is 0.341 e. The Morgan fingerprint density at radius 2 is 1.83 bits per heavy atom. The van der Waals surface area contributed by atoms with Crippen molar-refractivity contribution in [2.45, 2.75) is 25.5 Å². The topological polar surface area (TPSA) is 96.4 Å². The number of nitrogens with one attached hydrogen (secondary N) is 2. The van der Waals surface area contributed by atoms with E-state index in [2.05, 4.69) is 20.3 Å². The fraction of sp³-hybridized carbons (Fsp3) is 0.185. The van der Waals surface area contributed by atoms with Gasteiger partial charge in [-0.05, 0) is 48.2 Å². The van der Waals surface area contributed by atoms with Crippen LogP contribution in [0.15, 0.2) is 84.1 Å². The molecule has 8 heteroatoms. The van der Waals surface area contributed by atoms with Gasteiger partial charge < -0.3 is 15.0 Å². The highest BCUT2D eigenvalue weighted by Crippen LogP contribution is 2.33. The number of H-pyrrole nitrogens is 1. The summed E-state index contributed by atoms with van der Waals surface area (Å²) in [6.07, 6.45) is 4.46. The van der Waals surface area contributed by atoms with E-state index in [1.165, 1.54) is 0 Å². The van der Waals surface area contributed by atoms with Crippen molar-refractivity contribution in [3.63, 3.8) is 0 Å². The molecule has 176 valence electrons. The average Bonchev–Trinajstić information content (AvgIpc) is 3.30. The number of carbonyl (C=O) groups excluding carboxylic acids is 2. The van der Waals surface area contributed by atoms with Crippen LogP contribution in [-0.2, 0) is 22.6 Å². The van der Waals surface area contributed by atoms with Crippen molar-refractivity contribution in [3.8, 4) is 0 Å². The second-order valence-corrected chi connectivity index (χ2v) is 8.81. The Hall–Kier alpha value is -3.97. The quantitative estimate of drug-likeness (QED) is 0.341. The molecule has 2 aromatic heterocycles. The highest BCUT2D eigenvalue weighted by atomic mass is 35.5. The Morgan fingerprint density at radius 3 is 2.66 bits per heavy atom. The number of benzene rings is 2. The van der Waals surface area contributed by atoms with E-state index in [0.717, 1.165) is 22.1 Å². The molecule has 0 bridgehead atoms. The second-order valence-electron chi connectivity index (χ2n) is 8.37. The number of hydrogen-bond acceptors (Lipinski definition) is 4. The predicted octanol–water partition coefficient (Wildman–Crippen LogP) is 5.41. The van der Waals surface area contributed by atoms with E-state index < -0.39 is 24.0 Å². The van der Waals surface area contributed by atoms with Gasteiger partial charge in [-0.15, -0.1) is 0 Å². The Labute approximate surface area is 207 Å². The summed E-state index contributed by atoms with van der Waals surface area (Å²) in [6, 6.07) is 19.6. The molecule has 2 aromatic carbocycles. The first-order valence-electron chi connectivity index (χ1n) is 11.3. The van der Waals surface area contributed by atoms with E-state index >= 15 is 0 Å². The number of aromatic nitrogens is 2. The van der Waals surface area contributed by atoms with Crippen LogP contribution in [0.25, 0.3) is 11.0 Å². The molecule has 7 nitrogen and oxygen atoms in total. The number of hydrogen-bond donors (Lipinski definition) is 2. The van der Waals surface area contributed by atoms with Crippen LogP contribution in [0, 0.1) is 5.92 Å². The first kappa shape index (κ1) is 22.8. The van der Waals surface area contributed by atoms with Crippen LogP contribution in [0.5, 0.6) is 0 Å². The molecule has 5 rings (SSSR count). The molecule has 0 saturated heterocycles. The van der Waals surface area contributed by atoms with Gasteiger partial charge in [0.25, 0.3) is 0 Å². The van der Waals surface area contributed by atoms with Crippen molar-refractivity contribution in [1.82, 2.24) is 15.3 Å². The number of fused-ring (bicyclic) bond motifs is 1. The molecular formula is C27H23ClN4O3. The van der Waals surface area contributed by atoms with Gasteiger partial charge in [0.2, 0.25) is 0 Å². The highest BCUT2D eigenvalue weighted by Gasteiger charge is 2.40. The number of urea groups is 1. The van der Waals surface area contributed by atoms with E-state index in [1.54, 1.807) is 12.4 Å². The van der Waals surface area contributed by atoms with Crippen molar-refractivity contribution in [2.24, 2.45) is 10.9 Å². The molecule has 0 spiro atoms. The molecule has 4 aromatic rings. The Balaban J connectivity index is 1.46. The summed E-state index contributed by atoms with van der Waals surface area (Å²) in [7, 11) is 0. The zero-order valence-electron chi connectivity index (χ0n) is 18.8. The molecule has 0 radical (unpaired) electrons. The Kier molecular flexibility index (Phi) is 6.59. The maximum absolute atomic E-state index is 13.5. The lowest BCUT2D eigenvalue weighted by Crippen LogP contribution is -2.45. The van der Waals surface area contributed by atoms with Gasteiger partial charge in [0.05, 0.1) is 6.04 Å². The predicted molar refractivity (Wildman–Crippen MR) is 134 cm³/mol. The third-order valence-corrected chi connectivity index (χ3v) is 6.31. The molecule has 0 saturated carbocycles. The van der Waals surface area contributed by atoms with Crippen LogP contribution < -0.4 is 5.32 Å². The van der Waals surface area contributed by atoms with Crippen molar-refractivity contribution in [2.75, 3.05) is 0 Å². The number of carbonyl (C=O) groups is 2. The van der Waals surface area contributed by atoms with Crippen molar-refractivity contribution in [3.05, 3.63) is 101 Å². The summed E-state index contributed by atoms with van der Waals surface area (Å²) in [5.74, 6) is -1.23. The molecule has 1 aliphatic rings. The molecule has 2 N–H and O–H groups in total. The molecule has 35 heavy (non-hydrogen) atoms. The number of aromatic amines is 1. The fourth-order valence-corrected chi connectivity index (χ4v) is 4.61. The Bertz CT molecular complexity index is 1400. The number of aliphatic imine (C=N–C) groups is 1. The van der Waals surface area contributed by atoms with E-state index in [-0.39, 0.29) is 6.61 Å². The monoisotopic (exact) mass is 486 g/mol. The molecule has 2 atom stereocenters. The lowest BCUT2D eigenvalue weighted by molar-refractivity contribution is -0.148. The van der Waals surface area contributed by atoms with E-state index in [4.69, 9.17) is 16.3 Å². The number of esters is 1. The minimum Gasteiger partial charge on any atom is -0.460 e. The fourth-order valence-electron chi connectivity index (χ4n) is 4.40. The van der Waals surface area contributed by atoms with Crippen LogP contribution >= 0.6 is 11.6 Å². The van der Waals surface area contributed by atoms with Gasteiger partial charge in [0, 0.05) is 34.1 Å². The standard InChI is InChI=1S/C27H23ClN4O3/c28-19-9-4-8-17(14-19)11-12-22-23(26(33)35-16-18-6-2-1-3-7-18)24(32-27(34)31-22)21-15-30-25-20(21)10-5-13-29-25/h1-10,13-15,23-24H,11-12,16H2,(H,29,30)(H,32,34). The van der Waals surface area contributed by atoms with Gasteiger partial charge in [-0.2, -0.15) is 0 Å².